The van der Waals surface area contributed by atoms with Gasteiger partial charge in [-0.2, -0.15) is 0 Å². The van der Waals surface area contributed by atoms with Crippen molar-refractivity contribution in [2.24, 2.45) is 17.8 Å². The molecule has 2 aliphatic carbocycles. The molecule has 1 saturated carbocycles. The maximum atomic E-state index is 12.4. The van der Waals surface area contributed by atoms with Crippen molar-refractivity contribution in [2.75, 3.05) is 6.61 Å². The standard InChI is InChI=1S/C18H22O2/c1-3-20-18(19)17-15(10-8-14-9-11-16(14)17)13-6-4-12(2)5-7-13/h4-7,9,11,14-17H,3,8,10H2,1-2H3. The summed E-state index contributed by atoms with van der Waals surface area (Å²) in [5, 5.41) is 0. The number of hydrogen-bond donors (Lipinski definition) is 0. The second-order valence-electron chi connectivity index (χ2n) is 6.00. The van der Waals surface area contributed by atoms with Gasteiger partial charge in [0.15, 0.2) is 0 Å². The zero-order chi connectivity index (χ0) is 14.1. The summed E-state index contributed by atoms with van der Waals surface area (Å²) in [4.78, 5) is 12.4. The molecule has 106 valence electrons. The molecule has 1 aromatic carbocycles. The fourth-order valence-corrected chi connectivity index (χ4v) is 3.64. The molecule has 1 fully saturated rings. The summed E-state index contributed by atoms with van der Waals surface area (Å²) in [6, 6.07) is 8.63. The molecule has 0 radical (unpaired) electrons. The lowest BCUT2D eigenvalue weighted by Gasteiger charge is -2.44. The zero-order valence-electron chi connectivity index (χ0n) is 12.2. The zero-order valence-corrected chi connectivity index (χ0v) is 12.2. The number of benzene rings is 1. The molecule has 0 spiro atoms. The van der Waals surface area contributed by atoms with Gasteiger partial charge in [-0.15, -0.1) is 0 Å². The van der Waals surface area contributed by atoms with Crippen LogP contribution in [0.3, 0.4) is 0 Å². The lowest BCUT2D eigenvalue weighted by atomic mass is 9.60. The van der Waals surface area contributed by atoms with Crippen LogP contribution in [0.2, 0.25) is 0 Å². The van der Waals surface area contributed by atoms with E-state index < -0.39 is 0 Å². The van der Waals surface area contributed by atoms with Gasteiger partial charge in [0.25, 0.3) is 0 Å². The van der Waals surface area contributed by atoms with E-state index in [-0.39, 0.29) is 11.9 Å². The highest BCUT2D eigenvalue weighted by Crippen LogP contribution is 2.49. The highest BCUT2D eigenvalue weighted by Gasteiger charge is 2.45. The van der Waals surface area contributed by atoms with Crippen molar-refractivity contribution in [1.82, 2.24) is 0 Å². The van der Waals surface area contributed by atoms with Crippen molar-refractivity contribution < 1.29 is 9.53 Å². The Morgan fingerprint density at radius 1 is 1.20 bits per heavy atom. The van der Waals surface area contributed by atoms with Gasteiger partial charge < -0.3 is 4.74 Å². The Hall–Kier alpha value is -1.57. The van der Waals surface area contributed by atoms with Gasteiger partial charge in [-0.05, 0) is 50.0 Å². The summed E-state index contributed by atoms with van der Waals surface area (Å²) in [5.74, 6) is 1.26. The van der Waals surface area contributed by atoms with Crippen molar-refractivity contribution in [2.45, 2.75) is 32.6 Å². The molecule has 4 unspecified atom stereocenters. The van der Waals surface area contributed by atoms with E-state index in [9.17, 15) is 4.79 Å². The molecule has 2 aliphatic rings. The largest absolute Gasteiger partial charge is 0.466 e. The lowest BCUT2D eigenvalue weighted by molar-refractivity contribution is -0.152. The van der Waals surface area contributed by atoms with E-state index in [1.165, 1.54) is 17.5 Å². The van der Waals surface area contributed by atoms with E-state index in [0.717, 1.165) is 6.42 Å². The smallest absolute Gasteiger partial charge is 0.310 e. The molecule has 2 nitrogen and oxygen atoms in total. The topological polar surface area (TPSA) is 26.3 Å². The van der Waals surface area contributed by atoms with Crippen molar-refractivity contribution >= 4 is 5.97 Å². The third kappa shape index (κ3) is 2.28. The molecule has 0 saturated heterocycles. The second-order valence-corrected chi connectivity index (χ2v) is 6.00. The minimum Gasteiger partial charge on any atom is -0.466 e. The van der Waals surface area contributed by atoms with Crippen LogP contribution in [-0.4, -0.2) is 12.6 Å². The van der Waals surface area contributed by atoms with Gasteiger partial charge in [-0.3, -0.25) is 4.79 Å². The molecule has 3 rings (SSSR count). The Kier molecular flexibility index (Phi) is 3.64. The number of allylic oxidation sites excluding steroid dienone is 2. The van der Waals surface area contributed by atoms with Crippen LogP contribution in [0.1, 0.15) is 36.8 Å². The van der Waals surface area contributed by atoms with E-state index in [2.05, 4.69) is 43.3 Å². The number of esters is 1. The molecule has 0 aromatic heterocycles. The Morgan fingerprint density at radius 3 is 2.55 bits per heavy atom. The fraction of sp³-hybridized carbons (Fsp3) is 0.500. The summed E-state index contributed by atoms with van der Waals surface area (Å²) in [6.45, 7) is 4.45. The molecule has 0 aliphatic heterocycles. The van der Waals surface area contributed by atoms with Gasteiger partial charge >= 0.3 is 5.97 Å². The van der Waals surface area contributed by atoms with Gasteiger partial charge in [-0.25, -0.2) is 0 Å². The third-order valence-corrected chi connectivity index (χ3v) is 4.80. The van der Waals surface area contributed by atoms with Crippen LogP contribution in [-0.2, 0) is 9.53 Å². The Morgan fingerprint density at radius 2 is 1.95 bits per heavy atom. The molecule has 1 aromatic rings. The molecule has 2 heteroatoms. The average molecular weight is 270 g/mol. The number of ether oxygens (including phenoxy) is 1. The SMILES string of the molecule is CCOC(=O)C1C(c2ccc(C)cc2)CCC2C=CC21. The van der Waals surface area contributed by atoms with Crippen molar-refractivity contribution in [3.63, 3.8) is 0 Å². The van der Waals surface area contributed by atoms with Crippen LogP contribution >= 0.6 is 0 Å². The monoisotopic (exact) mass is 270 g/mol. The first kappa shape index (κ1) is 13.4. The van der Waals surface area contributed by atoms with E-state index in [4.69, 9.17) is 4.74 Å². The van der Waals surface area contributed by atoms with Gasteiger partial charge in [0.2, 0.25) is 0 Å². The molecule has 0 amide bonds. The van der Waals surface area contributed by atoms with Gasteiger partial charge in [-0.1, -0.05) is 42.0 Å². The van der Waals surface area contributed by atoms with E-state index >= 15 is 0 Å². The number of carbonyl (C=O) groups excluding carboxylic acids is 1. The van der Waals surface area contributed by atoms with Crippen molar-refractivity contribution in [3.05, 3.63) is 47.5 Å². The second kappa shape index (κ2) is 5.43. The van der Waals surface area contributed by atoms with Gasteiger partial charge in [0, 0.05) is 0 Å². The van der Waals surface area contributed by atoms with E-state index in [0.29, 0.717) is 24.4 Å². The maximum absolute atomic E-state index is 12.4. The summed E-state index contributed by atoms with van der Waals surface area (Å²) >= 11 is 0. The van der Waals surface area contributed by atoms with Crippen LogP contribution in [0.15, 0.2) is 36.4 Å². The minimum absolute atomic E-state index is 0.00130. The van der Waals surface area contributed by atoms with Crippen LogP contribution in [0.5, 0.6) is 0 Å². The predicted molar refractivity (Wildman–Crippen MR) is 79.4 cm³/mol. The number of aryl methyl sites for hydroxylation is 1. The summed E-state index contributed by atoms with van der Waals surface area (Å²) in [5.41, 5.74) is 2.55. The molecular weight excluding hydrogens is 248 g/mol. The van der Waals surface area contributed by atoms with Crippen molar-refractivity contribution in [3.8, 4) is 0 Å². The quantitative estimate of drug-likeness (QED) is 0.616. The number of rotatable bonds is 3. The minimum atomic E-state index is -0.0166. The Bertz CT molecular complexity index is 515. The first-order valence-electron chi connectivity index (χ1n) is 7.62. The lowest BCUT2D eigenvalue weighted by Crippen LogP contribution is -2.41. The summed E-state index contributed by atoms with van der Waals surface area (Å²) < 4.78 is 5.34. The molecule has 0 heterocycles. The third-order valence-electron chi connectivity index (χ3n) is 4.80. The Balaban J connectivity index is 1.88. The molecule has 20 heavy (non-hydrogen) atoms. The summed E-state index contributed by atoms with van der Waals surface area (Å²) in [7, 11) is 0. The predicted octanol–water partition coefficient (Wildman–Crippen LogP) is 3.85. The molecule has 4 atom stereocenters. The fourth-order valence-electron chi connectivity index (χ4n) is 3.64. The highest BCUT2D eigenvalue weighted by molar-refractivity contribution is 5.75. The number of hydrogen-bond acceptors (Lipinski definition) is 2. The van der Waals surface area contributed by atoms with Crippen LogP contribution in [0.4, 0.5) is 0 Å². The van der Waals surface area contributed by atoms with Crippen LogP contribution < -0.4 is 0 Å². The molecular formula is C18H22O2. The summed E-state index contributed by atoms with van der Waals surface area (Å²) in [6.07, 6.45) is 6.72. The Labute approximate surface area is 120 Å². The molecule has 0 bridgehead atoms. The first-order chi connectivity index (χ1) is 9.70. The normalized spacial score (nSPS) is 31.3. The van der Waals surface area contributed by atoms with Gasteiger partial charge in [0.05, 0.1) is 12.5 Å². The first-order valence-corrected chi connectivity index (χ1v) is 7.62. The average Bonchev–Trinajstić information content (AvgIpc) is 2.41. The number of fused-ring (bicyclic) bond motifs is 1. The van der Waals surface area contributed by atoms with Crippen molar-refractivity contribution in [1.29, 1.82) is 0 Å². The maximum Gasteiger partial charge on any atom is 0.310 e. The van der Waals surface area contributed by atoms with Crippen LogP contribution in [0, 0.1) is 24.7 Å². The van der Waals surface area contributed by atoms with E-state index in [1.54, 1.807) is 0 Å². The van der Waals surface area contributed by atoms with Gasteiger partial charge in [0.1, 0.15) is 0 Å². The number of carbonyl (C=O) groups is 1. The molecule has 0 N–H and O–H groups in total. The van der Waals surface area contributed by atoms with E-state index in [1.807, 2.05) is 6.92 Å². The highest BCUT2D eigenvalue weighted by atomic mass is 16.5. The van der Waals surface area contributed by atoms with Crippen LogP contribution in [0.25, 0.3) is 0 Å².